The molecule has 0 spiro atoms. The molecule has 0 saturated carbocycles. The van der Waals surface area contributed by atoms with E-state index in [-0.39, 0.29) is 6.29 Å². The minimum atomic E-state index is 0.0497. The Labute approximate surface area is 89.0 Å². The maximum absolute atomic E-state index is 5.69. The van der Waals surface area contributed by atoms with Crippen LogP contribution >= 0.6 is 0 Å². The first-order valence-electron chi connectivity index (χ1n) is 5.98. The average molecular weight is 202 g/mol. The number of hydrogen-bond donors (Lipinski definition) is 0. The maximum Gasteiger partial charge on any atom is 0.157 e. The lowest BCUT2D eigenvalue weighted by Gasteiger charge is -2.33. The van der Waals surface area contributed by atoms with Gasteiger partial charge in [-0.2, -0.15) is 0 Å². The Kier molecular flexibility index (Phi) is 8.20. The molecule has 0 aliphatic carbocycles. The third kappa shape index (κ3) is 4.43. The summed E-state index contributed by atoms with van der Waals surface area (Å²) in [5, 5.41) is 0. The average Bonchev–Trinajstić information content (AvgIpc) is 2.30. The van der Waals surface area contributed by atoms with Crippen LogP contribution in [0.3, 0.4) is 0 Å². The zero-order valence-corrected chi connectivity index (χ0v) is 10.4. The Morgan fingerprint density at radius 2 is 1.79 bits per heavy atom. The van der Waals surface area contributed by atoms with Crippen LogP contribution in [-0.4, -0.2) is 19.5 Å². The van der Waals surface area contributed by atoms with Crippen molar-refractivity contribution in [1.82, 2.24) is 0 Å². The third-order valence-corrected chi connectivity index (χ3v) is 2.76. The van der Waals surface area contributed by atoms with E-state index in [2.05, 4.69) is 13.8 Å². The van der Waals surface area contributed by atoms with Crippen molar-refractivity contribution in [3.05, 3.63) is 0 Å². The van der Waals surface area contributed by atoms with E-state index in [1.54, 1.807) is 7.11 Å². The molecule has 0 N–H and O–H groups in total. The van der Waals surface area contributed by atoms with Crippen molar-refractivity contribution in [2.75, 3.05) is 7.11 Å². The van der Waals surface area contributed by atoms with Gasteiger partial charge in [0.05, 0.1) is 6.10 Å². The zero-order chi connectivity index (χ0) is 11.0. The van der Waals surface area contributed by atoms with Crippen LogP contribution in [-0.2, 0) is 9.47 Å². The molecule has 0 bridgehead atoms. The second-order valence-corrected chi connectivity index (χ2v) is 3.58. The van der Waals surface area contributed by atoms with Gasteiger partial charge < -0.3 is 9.47 Å². The second kappa shape index (κ2) is 8.25. The highest BCUT2D eigenvalue weighted by Crippen LogP contribution is 2.28. The predicted octanol–water partition coefficient (Wildman–Crippen LogP) is 3.60. The minimum absolute atomic E-state index is 0.0497. The van der Waals surface area contributed by atoms with Crippen molar-refractivity contribution in [3.8, 4) is 0 Å². The van der Waals surface area contributed by atoms with Gasteiger partial charge in [-0.25, -0.2) is 0 Å². The van der Waals surface area contributed by atoms with Gasteiger partial charge in [-0.3, -0.25) is 0 Å². The summed E-state index contributed by atoms with van der Waals surface area (Å²) in [5.74, 6) is 0.800. The smallest absolute Gasteiger partial charge is 0.157 e. The van der Waals surface area contributed by atoms with E-state index in [1.807, 2.05) is 13.8 Å². The monoisotopic (exact) mass is 202 g/mol. The van der Waals surface area contributed by atoms with E-state index in [9.17, 15) is 0 Å². The first kappa shape index (κ1) is 13.9. The molecule has 0 aromatic carbocycles. The van der Waals surface area contributed by atoms with E-state index in [0.717, 1.165) is 18.8 Å². The van der Waals surface area contributed by atoms with Crippen LogP contribution in [0.2, 0.25) is 0 Å². The van der Waals surface area contributed by atoms with Crippen LogP contribution < -0.4 is 0 Å². The summed E-state index contributed by atoms with van der Waals surface area (Å²) in [6, 6.07) is 0. The van der Waals surface area contributed by atoms with Crippen molar-refractivity contribution in [2.24, 2.45) is 5.92 Å². The molecule has 0 amide bonds. The number of hydrogen-bond acceptors (Lipinski definition) is 2. The molecule has 0 aromatic heterocycles. The van der Waals surface area contributed by atoms with Gasteiger partial charge in [-0.15, -0.1) is 0 Å². The predicted molar refractivity (Wildman–Crippen MR) is 60.3 cm³/mol. The SMILES string of the molecule is CC.CCC1CC(CC)OC(OC)C1. The van der Waals surface area contributed by atoms with Crippen LogP contribution in [0.4, 0.5) is 0 Å². The van der Waals surface area contributed by atoms with Crippen LogP contribution in [0.25, 0.3) is 0 Å². The van der Waals surface area contributed by atoms with E-state index in [4.69, 9.17) is 9.47 Å². The van der Waals surface area contributed by atoms with Gasteiger partial charge in [0.25, 0.3) is 0 Å². The van der Waals surface area contributed by atoms with Crippen molar-refractivity contribution >= 4 is 0 Å². The molecule has 3 unspecified atom stereocenters. The Morgan fingerprint density at radius 1 is 1.14 bits per heavy atom. The normalized spacial score (nSPS) is 31.9. The molecule has 1 aliphatic rings. The second-order valence-electron chi connectivity index (χ2n) is 3.58. The molecule has 3 atom stereocenters. The highest BCUT2D eigenvalue weighted by molar-refractivity contribution is 4.72. The molecule has 1 fully saturated rings. The molecule has 1 saturated heterocycles. The number of ether oxygens (including phenoxy) is 2. The summed E-state index contributed by atoms with van der Waals surface area (Å²) < 4.78 is 10.9. The highest BCUT2D eigenvalue weighted by Gasteiger charge is 2.26. The largest absolute Gasteiger partial charge is 0.356 e. The van der Waals surface area contributed by atoms with Crippen LogP contribution in [0.1, 0.15) is 53.4 Å². The maximum atomic E-state index is 5.69. The Bertz CT molecular complexity index is 95.7. The van der Waals surface area contributed by atoms with Crippen LogP contribution in [0.15, 0.2) is 0 Å². The van der Waals surface area contributed by atoms with Gasteiger partial charge in [-0.1, -0.05) is 34.1 Å². The summed E-state index contributed by atoms with van der Waals surface area (Å²) in [5.41, 5.74) is 0. The van der Waals surface area contributed by atoms with Crippen LogP contribution in [0.5, 0.6) is 0 Å². The number of rotatable bonds is 3. The summed E-state index contributed by atoms with van der Waals surface area (Å²) in [4.78, 5) is 0. The Hall–Kier alpha value is -0.0800. The van der Waals surface area contributed by atoms with Crippen molar-refractivity contribution in [3.63, 3.8) is 0 Å². The van der Waals surface area contributed by atoms with Crippen molar-refractivity contribution in [2.45, 2.75) is 65.8 Å². The topological polar surface area (TPSA) is 18.5 Å². The lowest BCUT2D eigenvalue weighted by Crippen LogP contribution is -2.33. The fourth-order valence-electron chi connectivity index (χ4n) is 1.81. The fourth-order valence-corrected chi connectivity index (χ4v) is 1.81. The van der Waals surface area contributed by atoms with E-state index in [0.29, 0.717) is 6.10 Å². The molecule has 2 heteroatoms. The minimum Gasteiger partial charge on any atom is -0.356 e. The fraction of sp³-hybridized carbons (Fsp3) is 1.00. The first-order chi connectivity index (χ1) is 6.80. The van der Waals surface area contributed by atoms with Gasteiger partial charge in [0.15, 0.2) is 6.29 Å². The summed E-state index contributed by atoms with van der Waals surface area (Å²) >= 11 is 0. The molecule has 1 heterocycles. The standard InChI is InChI=1S/C10H20O2.C2H6/c1-4-8-6-9(5-2)12-10(7-8)11-3;1-2/h8-10H,4-7H2,1-3H3;1-2H3. The van der Waals surface area contributed by atoms with Gasteiger partial charge in [0.2, 0.25) is 0 Å². The molecular formula is C12H26O2. The molecule has 0 radical (unpaired) electrons. The van der Waals surface area contributed by atoms with E-state index in [1.165, 1.54) is 12.8 Å². The molecule has 0 aromatic rings. The zero-order valence-electron chi connectivity index (χ0n) is 10.4. The quantitative estimate of drug-likeness (QED) is 0.696. The van der Waals surface area contributed by atoms with Gasteiger partial charge in [-0.05, 0) is 18.8 Å². The van der Waals surface area contributed by atoms with Gasteiger partial charge >= 0.3 is 0 Å². The van der Waals surface area contributed by atoms with E-state index >= 15 is 0 Å². The lowest BCUT2D eigenvalue weighted by atomic mass is 9.91. The molecule has 1 aliphatic heterocycles. The molecular weight excluding hydrogens is 176 g/mol. The summed E-state index contributed by atoms with van der Waals surface area (Å²) in [7, 11) is 1.73. The summed E-state index contributed by atoms with van der Waals surface area (Å²) in [6.07, 6.45) is 5.12. The highest BCUT2D eigenvalue weighted by atomic mass is 16.7. The van der Waals surface area contributed by atoms with Gasteiger partial charge in [0, 0.05) is 13.5 Å². The summed E-state index contributed by atoms with van der Waals surface area (Å²) in [6.45, 7) is 8.42. The lowest BCUT2D eigenvalue weighted by molar-refractivity contribution is -0.193. The molecule has 2 nitrogen and oxygen atoms in total. The third-order valence-electron chi connectivity index (χ3n) is 2.76. The van der Waals surface area contributed by atoms with E-state index < -0.39 is 0 Å². The van der Waals surface area contributed by atoms with Crippen molar-refractivity contribution in [1.29, 1.82) is 0 Å². The molecule has 1 rings (SSSR count). The first-order valence-corrected chi connectivity index (χ1v) is 5.98. The molecule has 14 heavy (non-hydrogen) atoms. The Balaban J connectivity index is 0.000000791. The van der Waals surface area contributed by atoms with Crippen LogP contribution in [0, 0.1) is 5.92 Å². The molecule has 86 valence electrons. The van der Waals surface area contributed by atoms with Gasteiger partial charge in [0.1, 0.15) is 0 Å². The number of methoxy groups -OCH3 is 1. The Morgan fingerprint density at radius 3 is 2.21 bits per heavy atom. The van der Waals surface area contributed by atoms with Crippen molar-refractivity contribution < 1.29 is 9.47 Å².